The van der Waals surface area contributed by atoms with Crippen molar-refractivity contribution in [2.45, 2.75) is 38.0 Å². The number of carboxylic acids is 1. The first-order valence-corrected chi connectivity index (χ1v) is 10.4. The van der Waals surface area contributed by atoms with E-state index < -0.39 is 27.9 Å². The maximum Gasteiger partial charge on any atom is 0.321 e. The van der Waals surface area contributed by atoms with Crippen LogP contribution in [0.15, 0.2) is 23.1 Å². The van der Waals surface area contributed by atoms with Crippen molar-refractivity contribution in [3.8, 4) is 0 Å². The van der Waals surface area contributed by atoms with Crippen LogP contribution in [0, 0.1) is 12.8 Å². The summed E-state index contributed by atoms with van der Waals surface area (Å²) in [6, 6.07) is 4.27. The van der Waals surface area contributed by atoms with Crippen molar-refractivity contribution in [1.29, 1.82) is 0 Å². The molecule has 0 spiro atoms. The Hall–Kier alpha value is -2.13. The van der Waals surface area contributed by atoms with Gasteiger partial charge in [-0.05, 0) is 37.5 Å². The second-order valence-electron chi connectivity index (χ2n) is 6.99. The van der Waals surface area contributed by atoms with Crippen LogP contribution in [0.2, 0.25) is 0 Å². The van der Waals surface area contributed by atoms with Crippen molar-refractivity contribution < 1.29 is 23.1 Å². The van der Waals surface area contributed by atoms with Crippen LogP contribution in [0.1, 0.15) is 31.7 Å². The third kappa shape index (κ3) is 5.20. The number of hydrogen-bond donors (Lipinski definition) is 2. The van der Waals surface area contributed by atoms with Crippen molar-refractivity contribution in [1.82, 2.24) is 9.21 Å². The summed E-state index contributed by atoms with van der Waals surface area (Å²) in [7, 11) is -2.12. The number of carbonyl (C=O) groups excluding carboxylic acids is 1. The number of nitrogens with zero attached hydrogens (tertiary/aromatic N) is 2. The largest absolute Gasteiger partial charge is 0.481 e. The van der Waals surface area contributed by atoms with Gasteiger partial charge in [-0.1, -0.05) is 19.4 Å². The van der Waals surface area contributed by atoms with Crippen LogP contribution in [0.25, 0.3) is 0 Å². The third-order valence-corrected chi connectivity index (χ3v) is 6.73. The fourth-order valence-electron chi connectivity index (χ4n) is 2.99. The van der Waals surface area contributed by atoms with Gasteiger partial charge in [0.2, 0.25) is 10.0 Å². The standard InChI is InChI=1S/C18H27N3O5S/c1-13-7-8-15(19-18(24)20(3)12-14(2)17(22)23)11-16(13)27(25,26)21-9-5-4-6-10-21/h7-8,11,14H,4-6,9-10,12H2,1-3H3,(H,19,24)(H,22,23). The highest BCUT2D eigenvalue weighted by atomic mass is 32.2. The van der Waals surface area contributed by atoms with Crippen LogP contribution >= 0.6 is 0 Å². The van der Waals surface area contributed by atoms with Gasteiger partial charge >= 0.3 is 12.0 Å². The van der Waals surface area contributed by atoms with E-state index in [2.05, 4.69) is 5.32 Å². The molecule has 1 fully saturated rings. The summed E-state index contributed by atoms with van der Waals surface area (Å²) in [4.78, 5) is 24.7. The molecule has 1 aliphatic heterocycles. The van der Waals surface area contributed by atoms with E-state index in [1.165, 1.54) is 29.2 Å². The molecule has 1 aromatic rings. The number of hydrogen-bond acceptors (Lipinski definition) is 4. The number of urea groups is 1. The van der Waals surface area contributed by atoms with E-state index in [0.717, 1.165) is 19.3 Å². The Bertz CT molecular complexity index is 803. The number of nitrogens with one attached hydrogen (secondary N) is 1. The van der Waals surface area contributed by atoms with Crippen LogP contribution in [0.4, 0.5) is 10.5 Å². The van der Waals surface area contributed by atoms with Crippen molar-refractivity contribution in [2.24, 2.45) is 5.92 Å². The highest BCUT2D eigenvalue weighted by molar-refractivity contribution is 7.89. The minimum Gasteiger partial charge on any atom is -0.481 e. The van der Waals surface area contributed by atoms with E-state index in [1.807, 2.05) is 0 Å². The summed E-state index contributed by atoms with van der Waals surface area (Å²) in [6.45, 7) is 4.30. The third-order valence-electron chi connectivity index (χ3n) is 4.69. The Balaban J connectivity index is 2.17. The van der Waals surface area contributed by atoms with Crippen LogP contribution in [0.3, 0.4) is 0 Å². The van der Waals surface area contributed by atoms with E-state index in [0.29, 0.717) is 24.3 Å². The average Bonchev–Trinajstić information content (AvgIpc) is 2.63. The zero-order chi connectivity index (χ0) is 20.2. The lowest BCUT2D eigenvalue weighted by molar-refractivity contribution is -0.141. The molecule has 150 valence electrons. The molecule has 1 heterocycles. The Labute approximate surface area is 160 Å². The molecule has 2 amide bonds. The van der Waals surface area contributed by atoms with Crippen LogP contribution < -0.4 is 5.32 Å². The number of rotatable bonds is 6. The number of benzene rings is 1. The maximum atomic E-state index is 12.9. The molecule has 2 N–H and O–H groups in total. The lowest BCUT2D eigenvalue weighted by Crippen LogP contribution is -2.37. The number of anilines is 1. The van der Waals surface area contributed by atoms with Gasteiger partial charge in [-0.3, -0.25) is 4.79 Å². The smallest absolute Gasteiger partial charge is 0.321 e. The molecular formula is C18H27N3O5S. The number of carboxylic acid groups (broad SMARTS) is 1. The lowest BCUT2D eigenvalue weighted by Gasteiger charge is -2.27. The molecular weight excluding hydrogens is 370 g/mol. The number of piperidine rings is 1. The summed E-state index contributed by atoms with van der Waals surface area (Å²) < 4.78 is 27.4. The van der Waals surface area contributed by atoms with Crippen LogP contribution in [-0.4, -0.2) is 61.4 Å². The Morgan fingerprint density at radius 2 is 1.89 bits per heavy atom. The summed E-state index contributed by atoms with van der Waals surface area (Å²) in [5, 5.41) is 11.6. The maximum absolute atomic E-state index is 12.9. The van der Waals surface area contributed by atoms with Gasteiger partial charge in [-0.2, -0.15) is 4.31 Å². The van der Waals surface area contributed by atoms with Crippen LogP contribution in [0.5, 0.6) is 0 Å². The fourth-order valence-corrected chi connectivity index (χ4v) is 4.76. The molecule has 1 aromatic carbocycles. The first-order chi connectivity index (χ1) is 12.6. The molecule has 1 saturated heterocycles. The topological polar surface area (TPSA) is 107 Å². The van der Waals surface area contributed by atoms with Crippen LogP contribution in [-0.2, 0) is 14.8 Å². The minimum absolute atomic E-state index is 0.0476. The second-order valence-corrected chi connectivity index (χ2v) is 8.90. The lowest BCUT2D eigenvalue weighted by atomic mass is 10.2. The molecule has 27 heavy (non-hydrogen) atoms. The molecule has 0 aromatic heterocycles. The highest BCUT2D eigenvalue weighted by Gasteiger charge is 2.28. The van der Waals surface area contributed by atoms with Crippen molar-refractivity contribution in [2.75, 3.05) is 32.0 Å². The summed E-state index contributed by atoms with van der Waals surface area (Å²) >= 11 is 0. The zero-order valence-corrected chi connectivity index (χ0v) is 16.8. The SMILES string of the molecule is Cc1ccc(NC(=O)N(C)CC(C)C(=O)O)cc1S(=O)(=O)N1CCCCC1. The number of aryl methyl sites for hydroxylation is 1. The molecule has 0 bridgehead atoms. The quantitative estimate of drug-likeness (QED) is 0.766. The molecule has 9 heteroatoms. The van der Waals surface area contributed by atoms with Crippen molar-refractivity contribution >= 4 is 27.7 Å². The number of sulfonamides is 1. The van der Waals surface area contributed by atoms with Crippen molar-refractivity contribution in [3.05, 3.63) is 23.8 Å². The summed E-state index contributed by atoms with van der Waals surface area (Å²) in [5.41, 5.74) is 0.974. The van der Waals surface area contributed by atoms with Crippen molar-refractivity contribution in [3.63, 3.8) is 0 Å². The van der Waals surface area contributed by atoms with Gasteiger partial charge < -0.3 is 15.3 Å². The molecule has 0 radical (unpaired) electrons. The first-order valence-electron chi connectivity index (χ1n) is 8.98. The van der Waals surface area contributed by atoms with E-state index in [1.54, 1.807) is 19.1 Å². The number of amides is 2. The zero-order valence-electron chi connectivity index (χ0n) is 15.9. The van der Waals surface area contributed by atoms with Gasteiger partial charge in [0.15, 0.2) is 0 Å². The number of aliphatic carboxylic acids is 1. The van der Waals surface area contributed by atoms with Gasteiger partial charge in [0.25, 0.3) is 0 Å². The van der Waals surface area contributed by atoms with Gasteiger partial charge in [0.1, 0.15) is 0 Å². The summed E-state index contributed by atoms with van der Waals surface area (Å²) in [5.74, 6) is -1.69. The minimum atomic E-state index is -3.61. The Kier molecular flexibility index (Phi) is 6.83. The summed E-state index contributed by atoms with van der Waals surface area (Å²) in [6.07, 6.45) is 2.73. The first kappa shape index (κ1) is 21.2. The molecule has 0 saturated carbocycles. The van der Waals surface area contributed by atoms with E-state index in [4.69, 9.17) is 5.11 Å². The predicted molar refractivity (Wildman–Crippen MR) is 102 cm³/mol. The fraction of sp³-hybridized carbons (Fsp3) is 0.556. The van der Waals surface area contributed by atoms with Gasteiger partial charge in [-0.15, -0.1) is 0 Å². The monoisotopic (exact) mass is 397 g/mol. The Morgan fingerprint density at radius 3 is 2.48 bits per heavy atom. The highest BCUT2D eigenvalue weighted by Crippen LogP contribution is 2.26. The van der Waals surface area contributed by atoms with Gasteiger partial charge in [0, 0.05) is 32.4 Å². The van der Waals surface area contributed by atoms with Gasteiger partial charge in [-0.25, -0.2) is 13.2 Å². The van der Waals surface area contributed by atoms with Gasteiger partial charge in [0.05, 0.1) is 10.8 Å². The van der Waals surface area contributed by atoms with E-state index in [-0.39, 0.29) is 11.4 Å². The molecule has 0 aliphatic carbocycles. The molecule has 2 rings (SSSR count). The molecule has 1 aliphatic rings. The number of carbonyl (C=O) groups is 2. The van der Waals surface area contributed by atoms with E-state index >= 15 is 0 Å². The van der Waals surface area contributed by atoms with E-state index in [9.17, 15) is 18.0 Å². The Morgan fingerprint density at radius 1 is 1.26 bits per heavy atom. The molecule has 8 nitrogen and oxygen atoms in total. The average molecular weight is 397 g/mol. The molecule has 1 atom stereocenters. The molecule has 1 unspecified atom stereocenters. The predicted octanol–water partition coefficient (Wildman–Crippen LogP) is 2.35. The normalized spacial score (nSPS) is 16.6. The second kappa shape index (κ2) is 8.71.